The van der Waals surface area contributed by atoms with E-state index in [2.05, 4.69) is 4.74 Å². The van der Waals surface area contributed by atoms with Crippen LogP contribution >= 0.6 is 81.2 Å². The SMILES string of the molecule is O=COC(Cl)(Cl)C(Cl)(Cl)C(Cl)(Cl)Cl. The Morgan fingerprint density at radius 1 is 0.923 bits per heavy atom. The molecular weight excluding hydrogens is 328 g/mol. The molecule has 0 spiro atoms. The predicted octanol–water partition coefficient (Wildman–Crippen LogP) is 3.83. The van der Waals surface area contributed by atoms with Crippen LogP contribution in [0, 0.1) is 0 Å². The molecular formula is C4HCl7O2. The van der Waals surface area contributed by atoms with E-state index in [0.29, 0.717) is 0 Å². The van der Waals surface area contributed by atoms with Gasteiger partial charge in [0.05, 0.1) is 0 Å². The Balaban J connectivity index is 4.91. The van der Waals surface area contributed by atoms with Gasteiger partial charge in [0.2, 0.25) is 8.13 Å². The molecule has 78 valence electrons. The lowest BCUT2D eigenvalue weighted by molar-refractivity contribution is -0.132. The quantitative estimate of drug-likeness (QED) is 0.581. The highest BCUT2D eigenvalue weighted by Crippen LogP contribution is 2.56. The lowest BCUT2D eigenvalue weighted by Crippen LogP contribution is -2.48. The topological polar surface area (TPSA) is 26.3 Å². The third-order valence-electron chi connectivity index (χ3n) is 0.918. The first kappa shape index (κ1) is 14.5. The second-order valence-electron chi connectivity index (χ2n) is 1.80. The molecule has 0 heterocycles. The zero-order valence-electron chi connectivity index (χ0n) is 5.54. The molecule has 2 nitrogen and oxygen atoms in total. The molecule has 0 unspecified atom stereocenters. The van der Waals surface area contributed by atoms with Gasteiger partial charge >= 0.3 is 0 Å². The fourth-order valence-corrected chi connectivity index (χ4v) is 1.43. The first-order valence-corrected chi connectivity index (χ1v) is 5.14. The van der Waals surface area contributed by atoms with Crippen LogP contribution < -0.4 is 0 Å². The Morgan fingerprint density at radius 2 is 1.31 bits per heavy atom. The summed E-state index contributed by atoms with van der Waals surface area (Å²) < 4.78 is -2.72. The van der Waals surface area contributed by atoms with Crippen molar-refractivity contribution in [1.29, 1.82) is 0 Å². The van der Waals surface area contributed by atoms with Crippen LogP contribution in [0.1, 0.15) is 0 Å². The van der Waals surface area contributed by atoms with Crippen LogP contribution in [0.15, 0.2) is 0 Å². The minimum absolute atomic E-state index is 0.0735. The lowest BCUT2D eigenvalue weighted by Gasteiger charge is -2.35. The molecule has 0 aromatic rings. The Hall–Kier alpha value is 1.50. The van der Waals surface area contributed by atoms with Crippen molar-refractivity contribution in [3.63, 3.8) is 0 Å². The van der Waals surface area contributed by atoms with Gasteiger partial charge in [0.25, 0.3) is 11.0 Å². The molecule has 0 aromatic carbocycles. The summed E-state index contributed by atoms with van der Waals surface area (Å²) in [6.07, 6.45) is 0. The highest BCUT2D eigenvalue weighted by atomic mass is 35.6. The number of hydrogen-bond donors (Lipinski definition) is 0. The lowest BCUT2D eigenvalue weighted by atomic mass is 10.5. The van der Waals surface area contributed by atoms with E-state index in [4.69, 9.17) is 81.2 Å². The number of carbonyl (C=O) groups excluding carboxylic acids is 1. The van der Waals surface area contributed by atoms with Crippen molar-refractivity contribution in [3.8, 4) is 0 Å². The van der Waals surface area contributed by atoms with E-state index in [1.807, 2.05) is 0 Å². The molecule has 0 aromatic heterocycles. The largest absolute Gasteiger partial charge is 0.427 e. The van der Waals surface area contributed by atoms with Gasteiger partial charge in [-0.25, -0.2) is 0 Å². The molecule has 0 rings (SSSR count). The summed E-state index contributed by atoms with van der Waals surface area (Å²) in [5, 5.41) is 0. The van der Waals surface area contributed by atoms with Crippen molar-refractivity contribution < 1.29 is 9.53 Å². The van der Waals surface area contributed by atoms with Crippen LogP contribution in [0.3, 0.4) is 0 Å². The second kappa shape index (κ2) is 4.56. The first-order chi connectivity index (χ1) is 5.56. The maximum atomic E-state index is 9.96. The highest BCUT2D eigenvalue weighted by molar-refractivity contribution is 6.78. The molecule has 0 amide bonds. The third kappa shape index (κ3) is 3.23. The maximum Gasteiger partial charge on any atom is 0.298 e. The van der Waals surface area contributed by atoms with Crippen molar-refractivity contribution in [1.82, 2.24) is 0 Å². The smallest absolute Gasteiger partial charge is 0.298 e. The first-order valence-electron chi connectivity index (χ1n) is 2.50. The van der Waals surface area contributed by atoms with E-state index < -0.39 is 12.6 Å². The van der Waals surface area contributed by atoms with Gasteiger partial charge in [0, 0.05) is 0 Å². The van der Waals surface area contributed by atoms with Crippen molar-refractivity contribution in [3.05, 3.63) is 0 Å². The average molecular weight is 329 g/mol. The van der Waals surface area contributed by atoms with E-state index in [9.17, 15) is 4.79 Å². The molecule has 0 fully saturated rings. The molecule has 0 saturated heterocycles. The van der Waals surface area contributed by atoms with Gasteiger partial charge < -0.3 is 4.74 Å². The monoisotopic (exact) mass is 326 g/mol. The van der Waals surface area contributed by atoms with Crippen LogP contribution in [0.4, 0.5) is 0 Å². The van der Waals surface area contributed by atoms with Gasteiger partial charge in [-0.1, -0.05) is 81.2 Å². The minimum atomic E-state index is -2.36. The fraction of sp³-hybridized carbons (Fsp3) is 0.750. The normalized spacial score (nSPS) is 14.1. The van der Waals surface area contributed by atoms with E-state index in [1.165, 1.54) is 0 Å². The highest BCUT2D eigenvalue weighted by Gasteiger charge is 2.62. The summed E-state index contributed by atoms with van der Waals surface area (Å²) in [7, 11) is 0. The third-order valence-corrected chi connectivity index (χ3v) is 4.58. The summed E-state index contributed by atoms with van der Waals surface area (Å²) in [6, 6.07) is 0. The van der Waals surface area contributed by atoms with E-state index in [1.54, 1.807) is 0 Å². The van der Waals surface area contributed by atoms with Crippen molar-refractivity contribution >= 4 is 87.7 Å². The number of hydrogen-bond acceptors (Lipinski definition) is 2. The second-order valence-corrected chi connectivity index (χ2v) is 6.67. The zero-order valence-corrected chi connectivity index (χ0v) is 10.8. The van der Waals surface area contributed by atoms with Gasteiger partial charge in [0.15, 0.2) is 0 Å². The number of rotatable bonds is 3. The van der Waals surface area contributed by atoms with Crippen LogP contribution in [0.25, 0.3) is 0 Å². The maximum absolute atomic E-state index is 9.96. The van der Waals surface area contributed by atoms with E-state index in [0.717, 1.165) is 0 Å². The molecule has 0 bridgehead atoms. The van der Waals surface area contributed by atoms with Gasteiger partial charge in [-0.15, -0.1) is 0 Å². The predicted molar refractivity (Wildman–Crippen MR) is 56.3 cm³/mol. The number of halogens is 7. The molecule has 13 heavy (non-hydrogen) atoms. The minimum Gasteiger partial charge on any atom is -0.427 e. The number of ether oxygens (including phenoxy) is 1. The Bertz CT molecular complexity index is 195. The van der Waals surface area contributed by atoms with Gasteiger partial charge in [0.1, 0.15) is 0 Å². The van der Waals surface area contributed by atoms with Crippen LogP contribution in [0.2, 0.25) is 0 Å². The van der Waals surface area contributed by atoms with E-state index in [-0.39, 0.29) is 6.47 Å². The zero-order chi connectivity index (χ0) is 10.9. The Kier molecular flexibility index (Phi) is 5.09. The Morgan fingerprint density at radius 3 is 1.54 bits per heavy atom. The summed E-state index contributed by atoms with van der Waals surface area (Å²) >= 11 is 37.9. The van der Waals surface area contributed by atoms with Crippen molar-refractivity contribution in [2.24, 2.45) is 0 Å². The van der Waals surface area contributed by atoms with E-state index >= 15 is 0 Å². The molecule has 9 heteroatoms. The molecule has 0 radical (unpaired) electrons. The summed E-state index contributed by atoms with van der Waals surface area (Å²) in [6.45, 7) is -0.0735. The molecule has 0 saturated carbocycles. The summed E-state index contributed by atoms with van der Waals surface area (Å²) in [5.41, 5.74) is 0. The van der Waals surface area contributed by atoms with Crippen LogP contribution in [-0.2, 0) is 9.53 Å². The molecule has 0 aliphatic rings. The molecule has 0 aliphatic heterocycles. The van der Waals surface area contributed by atoms with Crippen molar-refractivity contribution in [2.75, 3.05) is 0 Å². The van der Waals surface area contributed by atoms with Crippen LogP contribution in [-0.4, -0.2) is 19.1 Å². The summed E-state index contributed by atoms with van der Waals surface area (Å²) in [4.78, 5) is 9.96. The van der Waals surface area contributed by atoms with Crippen LogP contribution in [0.5, 0.6) is 0 Å². The fourth-order valence-electron chi connectivity index (χ4n) is 0.299. The Labute approximate surface area is 109 Å². The summed E-state index contributed by atoms with van der Waals surface area (Å²) in [5.74, 6) is 0. The van der Waals surface area contributed by atoms with Gasteiger partial charge in [-0.3, -0.25) is 4.79 Å². The standard InChI is InChI=1S/C4HCl7O2/c5-2(6,3(7,8)9)4(10,11)13-1-12/h1H. The molecule has 0 N–H and O–H groups in total. The molecule has 0 atom stereocenters. The average Bonchev–Trinajstić information content (AvgIpc) is 1.84. The molecule has 0 aliphatic carbocycles. The van der Waals surface area contributed by atoms with Gasteiger partial charge in [-0.05, 0) is 0 Å². The van der Waals surface area contributed by atoms with Gasteiger partial charge in [-0.2, -0.15) is 0 Å². The van der Waals surface area contributed by atoms with Crippen molar-refractivity contribution in [2.45, 2.75) is 12.6 Å². The number of carbonyl (C=O) groups is 1. The number of alkyl halides is 7.